The van der Waals surface area contributed by atoms with Crippen molar-refractivity contribution in [3.8, 4) is 0 Å². The molecule has 1 aliphatic rings. The molecule has 1 saturated heterocycles. The molecule has 3 nitrogen and oxygen atoms in total. The van der Waals surface area contributed by atoms with Crippen LogP contribution in [0, 0.1) is 5.92 Å². The van der Waals surface area contributed by atoms with Gasteiger partial charge in [-0.3, -0.25) is 4.79 Å². The molecule has 2 atom stereocenters. The molecule has 0 bridgehead atoms. The van der Waals surface area contributed by atoms with Gasteiger partial charge < -0.3 is 10.6 Å². The summed E-state index contributed by atoms with van der Waals surface area (Å²) in [6.07, 6.45) is 5.15. The molecule has 2 unspecified atom stereocenters. The maximum atomic E-state index is 12.2. The Morgan fingerprint density at radius 2 is 2.53 bits per heavy atom. The molecular formula is C15H24N2OS. The minimum Gasteiger partial charge on any atom is -0.348 e. The molecule has 106 valence electrons. The molecule has 1 aromatic rings. The third kappa shape index (κ3) is 4.62. The van der Waals surface area contributed by atoms with Gasteiger partial charge in [0, 0.05) is 11.3 Å². The van der Waals surface area contributed by atoms with Gasteiger partial charge in [0.15, 0.2) is 0 Å². The van der Waals surface area contributed by atoms with Gasteiger partial charge >= 0.3 is 0 Å². The Labute approximate surface area is 119 Å². The first kappa shape index (κ1) is 14.5. The van der Waals surface area contributed by atoms with Crippen LogP contribution in [0.1, 0.15) is 49.9 Å². The highest BCUT2D eigenvalue weighted by Crippen LogP contribution is 2.24. The number of nitrogens with one attached hydrogen (secondary N) is 2. The standard InChI is InChI=1S/C15H24N2OS/c1-2-5-13(14-7-4-9-19-14)17-15(18)10-12-6-3-8-16-11-12/h4,7,9,12-13,16H,2-3,5-6,8,10-11H2,1H3,(H,17,18). The molecule has 2 heterocycles. The largest absolute Gasteiger partial charge is 0.348 e. The normalized spacial score (nSPS) is 21.0. The van der Waals surface area contributed by atoms with Crippen LogP contribution in [0.5, 0.6) is 0 Å². The van der Waals surface area contributed by atoms with Crippen molar-refractivity contribution in [1.29, 1.82) is 0 Å². The molecule has 2 N–H and O–H groups in total. The van der Waals surface area contributed by atoms with Gasteiger partial charge in [-0.1, -0.05) is 19.4 Å². The smallest absolute Gasteiger partial charge is 0.220 e. The van der Waals surface area contributed by atoms with Crippen LogP contribution >= 0.6 is 11.3 Å². The first-order chi connectivity index (χ1) is 9.29. The summed E-state index contributed by atoms with van der Waals surface area (Å²) >= 11 is 1.73. The molecule has 4 heteroatoms. The molecule has 19 heavy (non-hydrogen) atoms. The SMILES string of the molecule is CCCC(NC(=O)CC1CCCNC1)c1cccs1. The van der Waals surface area contributed by atoms with Gasteiger partial charge in [-0.2, -0.15) is 0 Å². The lowest BCUT2D eigenvalue weighted by molar-refractivity contribution is -0.122. The quantitative estimate of drug-likeness (QED) is 0.840. The van der Waals surface area contributed by atoms with E-state index in [1.807, 2.05) is 0 Å². The zero-order valence-electron chi connectivity index (χ0n) is 11.7. The first-order valence-electron chi connectivity index (χ1n) is 7.33. The fourth-order valence-corrected chi connectivity index (χ4v) is 3.49. The summed E-state index contributed by atoms with van der Waals surface area (Å²) in [5, 5.41) is 8.66. The van der Waals surface area contributed by atoms with E-state index in [0.29, 0.717) is 12.3 Å². The Hall–Kier alpha value is -0.870. The molecule has 0 aliphatic carbocycles. The fraction of sp³-hybridized carbons (Fsp3) is 0.667. The summed E-state index contributed by atoms with van der Waals surface area (Å²) in [5.41, 5.74) is 0. The zero-order valence-corrected chi connectivity index (χ0v) is 12.5. The van der Waals surface area contributed by atoms with Crippen molar-refractivity contribution in [3.63, 3.8) is 0 Å². The Morgan fingerprint density at radius 1 is 1.63 bits per heavy atom. The van der Waals surface area contributed by atoms with E-state index in [0.717, 1.165) is 25.9 Å². The Morgan fingerprint density at radius 3 is 3.16 bits per heavy atom. The highest BCUT2D eigenvalue weighted by Gasteiger charge is 2.19. The van der Waals surface area contributed by atoms with Crippen molar-refractivity contribution < 1.29 is 4.79 Å². The molecule has 0 aromatic carbocycles. The molecule has 0 radical (unpaired) electrons. The van der Waals surface area contributed by atoms with Crippen LogP contribution in [-0.2, 0) is 4.79 Å². The van der Waals surface area contributed by atoms with E-state index in [-0.39, 0.29) is 11.9 Å². The van der Waals surface area contributed by atoms with E-state index in [2.05, 4.69) is 35.1 Å². The average Bonchev–Trinajstić information content (AvgIpc) is 2.93. The van der Waals surface area contributed by atoms with Crippen molar-refractivity contribution in [2.75, 3.05) is 13.1 Å². The Bertz CT molecular complexity index is 372. The second kappa shape index (κ2) is 7.65. The van der Waals surface area contributed by atoms with Crippen molar-refractivity contribution >= 4 is 17.2 Å². The maximum Gasteiger partial charge on any atom is 0.220 e. The maximum absolute atomic E-state index is 12.2. The lowest BCUT2D eigenvalue weighted by Gasteiger charge is -2.23. The zero-order chi connectivity index (χ0) is 13.5. The van der Waals surface area contributed by atoms with E-state index < -0.39 is 0 Å². The molecule has 1 aromatic heterocycles. The monoisotopic (exact) mass is 280 g/mol. The lowest BCUT2D eigenvalue weighted by atomic mass is 9.95. The van der Waals surface area contributed by atoms with Gasteiger partial charge in [-0.25, -0.2) is 0 Å². The number of rotatable bonds is 6. The predicted octanol–water partition coefficient (Wildman–Crippen LogP) is 3.10. The van der Waals surface area contributed by atoms with Crippen LogP contribution in [0.2, 0.25) is 0 Å². The average molecular weight is 280 g/mol. The summed E-state index contributed by atoms with van der Waals surface area (Å²) in [5.74, 6) is 0.722. The number of carbonyl (C=O) groups is 1. The third-order valence-corrected chi connectivity index (χ3v) is 4.66. The van der Waals surface area contributed by atoms with Gasteiger partial charge in [0.25, 0.3) is 0 Å². The van der Waals surface area contributed by atoms with Crippen molar-refractivity contribution in [1.82, 2.24) is 10.6 Å². The second-order valence-corrected chi connectivity index (χ2v) is 6.32. The third-order valence-electron chi connectivity index (χ3n) is 3.67. The Balaban J connectivity index is 1.84. The molecule has 1 fully saturated rings. The predicted molar refractivity (Wildman–Crippen MR) is 80.3 cm³/mol. The number of thiophene rings is 1. The van der Waals surface area contributed by atoms with Crippen molar-refractivity contribution in [3.05, 3.63) is 22.4 Å². The molecular weight excluding hydrogens is 256 g/mol. The second-order valence-electron chi connectivity index (χ2n) is 5.34. The minimum absolute atomic E-state index is 0.203. The van der Waals surface area contributed by atoms with Gasteiger partial charge in [0.05, 0.1) is 6.04 Å². The van der Waals surface area contributed by atoms with Crippen LogP contribution in [0.25, 0.3) is 0 Å². The highest BCUT2D eigenvalue weighted by atomic mass is 32.1. The van der Waals surface area contributed by atoms with E-state index >= 15 is 0 Å². The number of amides is 1. The summed E-state index contributed by atoms with van der Waals surface area (Å²) < 4.78 is 0. The summed E-state index contributed by atoms with van der Waals surface area (Å²) in [6, 6.07) is 4.38. The van der Waals surface area contributed by atoms with Crippen molar-refractivity contribution in [2.45, 2.75) is 45.1 Å². The van der Waals surface area contributed by atoms with E-state index in [1.165, 1.54) is 17.7 Å². The minimum atomic E-state index is 0.203. The Kier molecular flexibility index (Phi) is 5.86. The lowest BCUT2D eigenvalue weighted by Crippen LogP contribution is -2.35. The van der Waals surface area contributed by atoms with Gasteiger partial charge in [-0.05, 0) is 49.7 Å². The van der Waals surface area contributed by atoms with Gasteiger partial charge in [0.2, 0.25) is 5.91 Å². The van der Waals surface area contributed by atoms with Crippen LogP contribution in [0.4, 0.5) is 0 Å². The van der Waals surface area contributed by atoms with Crippen LogP contribution in [0.3, 0.4) is 0 Å². The summed E-state index contributed by atoms with van der Waals surface area (Å²) in [6.45, 7) is 4.26. The topological polar surface area (TPSA) is 41.1 Å². The number of hydrogen-bond acceptors (Lipinski definition) is 3. The van der Waals surface area contributed by atoms with E-state index in [9.17, 15) is 4.79 Å². The van der Waals surface area contributed by atoms with Gasteiger partial charge in [-0.15, -0.1) is 11.3 Å². The highest BCUT2D eigenvalue weighted by molar-refractivity contribution is 7.10. The van der Waals surface area contributed by atoms with Gasteiger partial charge in [0.1, 0.15) is 0 Å². The molecule has 0 spiro atoms. The van der Waals surface area contributed by atoms with E-state index in [1.54, 1.807) is 11.3 Å². The summed E-state index contributed by atoms with van der Waals surface area (Å²) in [4.78, 5) is 13.4. The van der Waals surface area contributed by atoms with E-state index in [4.69, 9.17) is 0 Å². The number of carbonyl (C=O) groups excluding carboxylic acids is 1. The van der Waals surface area contributed by atoms with Crippen LogP contribution < -0.4 is 10.6 Å². The number of piperidine rings is 1. The first-order valence-corrected chi connectivity index (χ1v) is 8.21. The molecule has 1 amide bonds. The fourth-order valence-electron chi connectivity index (χ4n) is 2.68. The van der Waals surface area contributed by atoms with Crippen LogP contribution in [0.15, 0.2) is 17.5 Å². The number of hydrogen-bond donors (Lipinski definition) is 2. The van der Waals surface area contributed by atoms with Crippen molar-refractivity contribution in [2.24, 2.45) is 5.92 Å². The molecule has 0 saturated carbocycles. The van der Waals surface area contributed by atoms with Crippen LogP contribution in [-0.4, -0.2) is 19.0 Å². The molecule has 1 aliphatic heterocycles. The summed E-state index contributed by atoms with van der Waals surface area (Å²) in [7, 11) is 0. The molecule has 2 rings (SSSR count).